The topological polar surface area (TPSA) is 78.5 Å². The molecule has 1 amide bonds. The number of nitrogens with one attached hydrogen (secondary N) is 2. The van der Waals surface area contributed by atoms with E-state index in [4.69, 9.17) is 0 Å². The van der Waals surface area contributed by atoms with E-state index in [2.05, 4.69) is 10.0 Å². The summed E-state index contributed by atoms with van der Waals surface area (Å²) in [5, 5.41) is 3.34. The molecule has 2 aliphatic heterocycles. The van der Waals surface area contributed by atoms with Gasteiger partial charge in [0.1, 0.15) is 0 Å². The summed E-state index contributed by atoms with van der Waals surface area (Å²) in [6.45, 7) is 3.94. The molecule has 0 aromatic heterocycles. The highest BCUT2D eigenvalue weighted by Gasteiger charge is 2.26. The van der Waals surface area contributed by atoms with Gasteiger partial charge in [0.25, 0.3) is 0 Å². The molecule has 0 radical (unpaired) electrons. The van der Waals surface area contributed by atoms with Crippen LogP contribution in [0.5, 0.6) is 0 Å². The maximum Gasteiger partial charge on any atom is 0.222 e. The van der Waals surface area contributed by atoms with E-state index in [9.17, 15) is 13.2 Å². The Hall–Kier alpha value is -0.660. The summed E-state index contributed by atoms with van der Waals surface area (Å²) in [7, 11) is -3.15. The number of amides is 1. The van der Waals surface area contributed by atoms with Crippen molar-refractivity contribution in [1.29, 1.82) is 0 Å². The Morgan fingerprint density at radius 3 is 2.71 bits per heavy atom. The number of hydrogen-bond acceptors (Lipinski definition) is 4. The SMILES string of the molecule is CS(=O)(=O)NCC1CCCN(C(=O)CC2CCCNC2)C1. The van der Waals surface area contributed by atoms with Crippen LogP contribution < -0.4 is 10.0 Å². The first-order valence-electron chi connectivity index (χ1n) is 7.87. The normalized spacial score (nSPS) is 27.6. The molecule has 2 atom stereocenters. The van der Waals surface area contributed by atoms with Crippen molar-refractivity contribution in [3.05, 3.63) is 0 Å². The molecular formula is C14H27N3O3S. The Morgan fingerprint density at radius 1 is 1.29 bits per heavy atom. The second kappa shape index (κ2) is 7.56. The highest BCUT2D eigenvalue weighted by Crippen LogP contribution is 2.20. The van der Waals surface area contributed by atoms with Gasteiger partial charge in [0, 0.05) is 26.1 Å². The standard InChI is InChI=1S/C14H27N3O3S/c1-21(19,20)16-10-13-5-3-7-17(11-13)14(18)8-12-4-2-6-15-9-12/h12-13,15-16H,2-11H2,1H3. The molecular weight excluding hydrogens is 290 g/mol. The van der Waals surface area contributed by atoms with Crippen LogP contribution in [0.4, 0.5) is 0 Å². The van der Waals surface area contributed by atoms with Crippen LogP contribution in [0.1, 0.15) is 32.1 Å². The molecule has 0 bridgehead atoms. The zero-order valence-electron chi connectivity index (χ0n) is 12.8. The zero-order chi connectivity index (χ0) is 15.3. The predicted molar refractivity (Wildman–Crippen MR) is 82.4 cm³/mol. The van der Waals surface area contributed by atoms with Gasteiger partial charge in [-0.1, -0.05) is 0 Å². The Labute approximate surface area is 127 Å². The minimum atomic E-state index is -3.15. The lowest BCUT2D eigenvalue weighted by molar-refractivity contribution is -0.134. The molecule has 0 aliphatic carbocycles. The monoisotopic (exact) mass is 317 g/mol. The summed E-state index contributed by atoms with van der Waals surface area (Å²) >= 11 is 0. The number of likely N-dealkylation sites (tertiary alicyclic amines) is 1. The molecule has 2 unspecified atom stereocenters. The summed E-state index contributed by atoms with van der Waals surface area (Å²) < 4.78 is 24.9. The fraction of sp³-hybridized carbons (Fsp3) is 0.929. The Bertz CT molecular complexity index is 446. The third-order valence-corrected chi connectivity index (χ3v) is 5.06. The lowest BCUT2D eigenvalue weighted by Gasteiger charge is -2.34. The van der Waals surface area contributed by atoms with Crippen molar-refractivity contribution in [1.82, 2.24) is 14.9 Å². The van der Waals surface area contributed by atoms with E-state index in [1.165, 1.54) is 6.26 Å². The van der Waals surface area contributed by atoms with Gasteiger partial charge in [-0.25, -0.2) is 13.1 Å². The number of nitrogens with zero attached hydrogens (tertiary/aromatic N) is 1. The first-order valence-corrected chi connectivity index (χ1v) is 9.76. The second-order valence-electron chi connectivity index (χ2n) is 6.39. The minimum Gasteiger partial charge on any atom is -0.342 e. The smallest absolute Gasteiger partial charge is 0.222 e. The number of carbonyl (C=O) groups is 1. The molecule has 21 heavy (non-hydrogen) atoms. The molecule has 0 spiro atoms. The van der Waals surface area contributed by atoms with E-state index in [-0.39, 0.29) is 11.8 Å². The van der Waals surface area contributed by atoms with Gasteiger partial charge in [0.15, 0.2) is 0 Å². The summed E-state index contributed by atoms with van der Waals surface area (Å²) in [4.78, 5) is 14.3. The molecule has 0 aromatic rings. The van der Waals surface area contributed by atoms with Crippen LogP contribution >= 0.6 is 0 Å². The Morgan fingerprint density at radius 2 is 2.05 bits per heavy atom. The molecule has 122 valence electrons. The summed E-state index contributed by atoms with van der Waals surface area (Å²) in [6.07, 6.45) is 6.03. The molecule has 2 N–H and O–H groups in total. The number of sulfonamides is 1. The van der Waals surface area contributed by atoms with E-state index in [1.54, 1.807) is 0 Å². The summed E-state index contributed by atoms with van der Waals surface area (Å²) in [5.74, 6) is 0.926. The van der Waals surface area contributed by atoms with Gasteiger partial charge in [0.2, 0.25) is 15.9 Å². The number of piperidine rings is 2. The summed E-state index contributed by atoms with van der Waals surface area (Å²) in [6, 6.07) is 0. The van der Waals surface area contributed by atoms with Gasteiger partial charge in [-0.05, 0) is 50.6 Å². The first kappa shape index (κ1) is 16.7. The van der Waals surface area contributed by atoms with Crippen molar-refractivity contribution in [3.8, 4) is 0 Å². The van der Waals surface area contributed by atoms with E-state index < -0.39 is 10.0 Å². The van der Waals surface area contributed by atoms with Gasteiger partial charge < -0.3 is 10.2 Å². The van der Waals surface area contributed by atoms with E-state index in [1.807, 2.05) is 4.90 Å². The molecule has 2 aliphatic rings. The molecule has 2 fully saturated rings. The average molecular weight is 317 g/mol. The van der Waals surface area contributed by atoms with E-state index in [0.717, 1.165) is 45.3 Å². The highest BCUT2D eigenvalue weighted by atomic mass is 32.2. The van der Waals surface area contributed by atoms with Crippen molar-refractivity contribution >= 4 is 15.9 Å². The maximum absolute atomic E-state index is 12.4. The van der Waals surface area contributed by atoms with Gasteiger partial charge in [-0.15, -0.1) is 0 Å². The quantitative estimate of drug-likeness (QED) is 0.757. The molecule has 6 nitrogen and oxygen atoms in total. The van der Waals surface area contributed by atoms with Gasteiger partial charge in [-0.2, -0.15) is 0 Å². The average Bonchev–Trinajstić information content (AvgIpc) is 2.46. The molecule has 0 saturated carbocycles. The number of carbonyl (C=O) groups excluding carboxylic acids is 1. The maximum atomic E-state index is 12.4. The zero-order valence-corrected chi connectivity index (χ0v) is 13.6. The molecule has 0 aromatic carbocycles. The van der Waals surface area contributed by atoms with E-state index >= 15 is 0 Å². The van der Waals surface area contributed by atoms with Crippen molar-refractivity contribution in [2.75, 3.05) is 39.0 Å². The largest absolute Gasteiger partial charge is 0.342 e. The van der Waals surface area contributed by atoms with Crippen LogP contribution in [0, 0.1) is 11.8 Å². The molecule has 2 saturated heterocycles. The molecule has 2 heterocycles. The van der Waals surface area contributed by atoms with Crippen molar-refractivity contribution in [3.63, 3.8) is 0 Å². The van der Waals surface area contributed by atoms with Crippen LogP contribution in [0.15, 0.2) is 0 Å². The molecule has 7 heteroatoms. The lowest BCUT2D eigenvalue weighted by atomic mass is 9.93. The molecule has 2 rings (SSSR count). The summed E-state index contributed by atoms with van der Waals surface area (Å²) in [5.41, 5.74) is 0. The number of hydrogen-bond donors (Lipinski definition) is 2. The van der Waals surface area contributed by atoms with Crippen molar-refractivity contribution in [2.45, 2.75) is 32.1 Å². The fourth-order valence-corrected chi connectivity index (χ4v) is 3.74. The van der Waals surface area contributed by atoms with Crippen molar-refractivity contribution < 1.29 is 13.2 Å². The predicted octanol–water partition coefficient (Wildman–Crippen LogP) is 0.164. The highest BCUT2D eigenvalue weighted by molar-refractivity contribution is 7.88. The second-order valence-corrected chi connectivity index (χ2v) is 8.22. The van der Waals surface area contributed by atoms with Crippen LogP contribution in [-0.2, 0) is 14.8 Å². The van der Waals surface area contributed by atoms with Crippen LogP contribution in [-0.4, -0.2) is 58.2 Å². The van der Waals surface area contributed by atoms with Gasteiger partial charge >= 0.3 is 0 Å². The third-order valence-electron chi connectivity index (χ3n) is 4.37. The van der Waals surface area contributed by atoms with Gasteiger partial charge in [0.05, 0.1) is 6.26 Å². The Kier molecular flexibility index (Phi) is 6.01. The lowest BCUT2D eigenvalue weighted by Crippen LogP contribution is -2.44. The first-order chi connectivity index (χ1) is 9.94. The van der Waals surface area contributed by atoms with Crippen LogP contribution in [0.3, 0.4) is 0 Å². The van der Waals surface area contributed by atoms with Crippen molar-refractivity contribution in [2.24, 2.45) is 11.8 Å². The minimum absolute atomic E-state index is 0.229. The van der Waals surface area contributed by atoms with Crippen LogP contribution in [0.2, 0.25) is 0 Å². The van der Waals surface area contributed by atoms with Crippen LogP contribution in [0.25, 0.3) is 0 Å². The third kappa shape index (κ3) is 5.92. The fourth-order valence-electron chi connectivity index (χ4n) is 3.20. The number of rotatable bonds is 5. The van der Waals surface area contributed by atoms with E-state index in [0.29, 0.717) is 25.4 Å². The van der Waals surface area contributed by atoms with Gasteiger partial charge in [-0.3, -0.25) is 4.79 Å². The Balaban J connectivity index is 1.78.